The molecule has 4 heavy (non-hydrogen) atoms. The van der Waals surface area contributed by atoms with Crippen LogP contribution >= 0.6 is 0 Å². The largest absolute Gasteiger partial charge is 1.00 e. The maximum atomic E-state index is 0. The fourth-order valence-corrected chi connectivity index (χ4v) is 0. The molecule has 0 aliphatic heterocycles. The Morgan fingerprint density at radius 2 is 0.500 bits per heavy atom. The molecular formula is LiNa3+4. The van der Waals surface area contributed by atoms with E-state index in [0.29, 0.717) is 0 Å². The van der Waals surface area contributed by atoms with Gasteiger partial charge in [0, 0.05) is 0 Å². The summed E-state index contributed by atoms with van der Waals surface area (Å²) in [4.78, 5) is 0. The molecule has 0 aromatic carbocycles. The van der Waals surface area contributed by atoms with Gasteiger partial charge in [-0.2, -0.15) is 0 Å². The van der Waals surface area contributed by atoms with Gasteiger partial charge in [0.25, 0.3) is 0 Å². The fraction of sp³-hybridized carbons (Fsp3) is 0. The third-order valence-corrected chi connectivity index (χ3v) is 0. The van der Waals surface area contributed by atoms with Crippen LogP contribution in [0.1, 0.15) is 0 Å². The third-order valence-electron chi connectivity index (χ3n) is 0. The van der Waals surface area contributed by atoms with Crippen LogP contribution in [0.3, 0.4) is 0 Å². The Balaban J connectivity index is 0. The van der Waals surface area contributed by atoms with Gasteiger partial charge in [-0.15, -0.1) is 0 Å². The number of hydrogen-bond acceptors (Lipinski definition) is 0. The molecule has 0 rings (SSSR count). The zero-order valence-electron chi connectivity index (χ0n) is 4.00. The van der Waals surface area contributed by atoms with Crippen molar-refractivity contribution in [3.05, 3.63) is 0 Å². The molecule has 0 unspecified atom stereocenters. The van der Waals surface area contributed by atoms with Crippen LogP contribution in [0.15, 0.2) is 0 Å². The Hall–Kier alpha value is 3.60. The Kier molecular flexibility index (Phi) is 102. The van der Waals surface area contributed by atoms with E-state index in [9.17, 15) is 0 Å². The predicted molar refractivity (Wildman–Crippen MR) is 0 cm³/mol. The first kappa shape index (κ1) is 25.6. The molecule has 0 saturated heterocycles. The van der Waals surface area contributed by atoms with Crippen molar-refractivity contribution in [2.45, 2.75) is 0 Å². The first-order valence-corrected chi connectivity index (χ1v) is 0. The Labute approximate surface area is 105 Å². The molecule has 0 valence electrons. The molecule has 0 spiro atoms. The van der Waals surface area contributed by atoms with Gasteiger partial charge in [-0.1, -0.05) is 0 Å². The van der Waals surface area contributed by atoms with Crippen LogP contribution in [-0.4, -0.2) is 0 Å². The molecule has 4 heteroatoms. The second kappa shape index (κ2) is 16.0. The average Bonchev–Trinajstić information content (AvgIpc) is 0. The summed E-state index contributed by atoms with van der Waals surface area (Å²) in [6.45, 7) is 0. The van der Waals surface area contributed by atoms with E-state index in [2.05, 4.69) is 0 Å². The topological polar surface area (TPSA) is 0 Å². The summed E-state index contributed by atoms with van der Waals surface area (Å²) >= 11 is 0. The van der Waals surface area contributed by atoms with Gasteiger partial charge in [0.2, 0.25) is 0 Å². The summed E-state index contributed by atoms with van der Waals surface area (Å²) in [6.07, 6.45) is 0. The van der Waals surface area contributed by atoms with Gasteiger partial charge < -0.3 is 0 Å². The van der Waals surface area contributed by atoms with Gasteiger partial charge in [-0.05, 0) is 0 Å². The van der Waals surface area contributed by atoms with Gasteiger partial charge in [-0.25, -0.2) is 0 Å². The fourth-order valence-electron chi connectivity index (χ4n) is 0. The van der Waals surface area contributed by atoms with Gasteiger partial charge in [0.1, 0.15) is 0 Å². The van der Waals surface area contributed by atoms with Gasteiger partial charge in [0.05, 0.1) is 0 Å². The molecule has 0 aromatic heterocycles. The van der Waals surface area contributed by atoms with E-state index in [1.54, 1.807) is 0 Å². The van der Waals surface area contributed by atoms with E-state index >= 15 is 0 Å². The minimum Gasteiger partial charge on any atom is 1.00 e. The van der Waals surface area contributed by atoms with E-state index in [-0.39, 0.29) is 108 Å². The van der Waals surface area contributed by atoms with Crippen molar-refractivity contribution in [2.75, 3.05) is 0 Å². The van der Waals surface area contributed by atoms with E-state index in [1.165, 1.54) is 0 Å². The second-order valence-electron chi connectivity index (χ2n) is 0. The summed E-state index contributed by atoms with van der Waals surface area (Å²) in [5.74, 6) is 0. The molecule has 0 radical (unpaired) electrons. The Morgan fingerprint density at radius 1 is 0.500 bits per heavy atom. The van der Waals surface area contributed by atoms with Gasteiger partial charge in [-0.3, -0.25) is 0 Å². The van der Waals surface area contributed by atoms with Crippen molar-refractivity contribution in [1.82, 2.24) is 0 Å². The molecule has 0 N–H and O–H groups in total. The summed E-state index contributed by atoms with van der Waals surface area (Å²) in [5, 5.41) is 0. The molecule has 0 saturated carbocycles. The number of hydrogen-bond donors (Lipinski definition) is 0. The molecule has 0 atom stereocenters. The van der Waals surface area contributed by atoms with Crippen molar-refractivity contribution in [1.29, 1.82) is 0 Å². The van der Waals surface area contributed by atoms with Crippen LogP contribution in [0.5, 0.6) is 0 Å². The van der Waals surface area contributed by atoms with E-state index in [0.717, 1.165) is 0 Å². The smallest absolute Gasteiger partial charge is 1.00 e. The maximum absolute atomic E-state index is 0. The molecule has 0 amide bonds. The molecule has 0 aliphatic carbocycles. The zero-order chi connectivity index (χ0) is 0. The van der Waals surface area contributed by atoms with Gasteiger partial charge >= 0.3 is 108 Å². The molecule has 0 bridgehead atoms. The molecule has 0 fully saturated rings. The van der Waals surface area contributed by atoms with Crippen molar-refractivity contribution in [2.24, 2.45) is 0 Å². The maximum Gasteiger partial charge on any atom is 1.00 e. The average molecular weight is 75.9 g/mol. The van der Waals surface area contributed by atoms with Crippen molar-refractivity contribution in [3.8, 4) is 0 Å². The molecule has 0 nitrogen and oxygen atoms in total. The second-order valence-corrected chi connectivity index (χ2v) is 0. The quantitative estimate of drug-likeness (QED) is 0.251. The summed E-state index contributed by atoms with van der Waals surface area (Å²) in [6, 6.07) is 0. The van der Waals surface area contributed by atoms with Crippen molar-refractivity contribution in [3.63, 3.8) is 0 Å². The summed E-state index contributed by atoms with van der Waals surface area (Å²) < 4.78 is 0. The molecule has 0 aliphatic rings. The predicted octanol–water partition coefficient (Wildman–Crippen LogP) is -12.0. The van der Waals surface area contributed by atoms with Crippen molar-refractivity contribution >= 4 is 0 Å². The minimum atomic E-state index is 0. The SMILES string of the molecule is [Li+].[Na+].[Na+].[Na+]. The zero-order valence-corrected chi connectivity index (χ0v) is 10.0. The molecular weight excluding hydrogens is 75.9 g/mol. The van der Waals surface area contributed by atoms with Crippen LogP contribution in [0.2, 0.25) is 0 Å². The van der Waals surface area contributed by atoms with Crippen LogP contribution < -0.4 is 108 Å². The van der Waals surface area contributed by atoms with Gasteiger partial charge in [0.15, 0.2) is 0 Å². The van der Waals surface area contributed by atoms with Crippen LogP contribution in [-0.2, 0) is 0 Å². The first-order chi connectivity index (χ1) is 0. The van der Waals surface area contributed by atoms with E-state index in [4.69, 9.17) is 0 Å². The van der Waals surface area contributed by atoms with Crippen LogP contribution in [0, 0.1) is 0 Å². The van der Waals surface area contributed by atoms with Crippen molar-refractivity contribution < 1.29 is 108 Å². The molecule has 0 heterocycles. The molecule has 0 aromatic rings. The normalized spacial score (nSPS) is 0. The summed E-state index contributed by atoms with van der Waals surface area (Å²) in [5.41, 5.74) is 0. The minimum absolute atomic E-state index is 0. The summed E-state index contributed by atoms with van der Waals surface area (Å²) in [7, 11) is 0. The van der Waals surface area contributed by atoms with Crippen LogP contribution in [0.25, 0.3) is 0 Å². The van der Waals surface area contributed by atoms with E-state index < -0.39 is 0 Å². The van der Waals surface area contributed by atoms with Crippen LogP contribution in [0.4, 0.5) is 0 Å². The standard InChI is InChI=1S/Li.3Na/q4*+1. The Bertz CT molecular complexity index is 3.25. The monoisotopic (exact) mass is 76.0 g/mol. The third kappa shape index (κ3) is 9.14. The Morgan fingerprint density at radius 3 is 0.500 bits per heavy atom. The van der Waals surface area contributed by atoms with E-state index in [1.807, 2.05) is 0 Å². The first-order valence-electron chi connectivity index (χ1n) is 0. The number of rotatable bonds is 0.